The van der Waals surface area contributed by atoms with Gasteiger partial charge in [0.05, 0.1) is 0 Å². The second-order valence-corrected chi connectivity index (χ2v) is 5.63. The number of carbonyl (C=O) groups excluding carboxylic acids is 1. The predicted molar refractivity (Wildman–Crippen MR) is 84.6 cm³/mol. The van der Waals surface area contributed by atoms with Gasteiger partial charge in [0.15, 0.2) is 0 Å². The number of rotatable bonds is 6. The van der Waals surface area contributed by atoms with E-state index in [1.54, 1.807) is 18.2 Å². The van der Waals surface area contributed by atoms with Gasteiger partial charge in [0.2, 0.25) is 0 Å². The van der Waals surface area contributed by atoms with Crippen LogP contribution in [-0.4, -0.2) is 17.6 Å². The number of esters is 1. The van der Waals surface area contributed by atoms with Crippen LogP contribution in [0.25, 0.3) is 0 Å². The Kier molecular flexibility index (Phi) is 7.23. The van der Waals surface area contributed by atoms with Gasteiger partial charge in [-0.15, -0.1) is 0 Å². The van der Waals surface area contributed by atoms with Crippen molar-refractivity contribution in [1.29, 1.82) is 0 Å². The maximum Gasteiger partial charge on any atom is 0.357 e. The van der Waals surface area contributed by atoms with Crippen LogP contribution in [0.2, 0.25) is 0 Å². The van der Waals surface area contributed by atoms with E-state index in [1.807, 2.05) is 13.0 Å². The lowest BCUT2D eigenvalue weighted by Gasteiger charge is -2.03. The average Bonchev–Trinajstić information content (AvgIpc) is 2.38. The highest BCUT2D eigenvalue weighted by molar-refractivity contribution is 9.10. The standard InChI is InChI=1S/C16H20BrNO2/c1-12(2)6-4-7-13(3)10-11-20-16(19)14-8-5-9-15(17)18-14/h5-6,8-10H,4,7,11H2,1-3H3/b13-10+. The Hall–Kier alpha value is -1.42. The molecule has 0 saturated heterocycles. The largest absolute Gasteiger partial charge is 0.457 e. The first-order valence-corrected chi connectivity index (χ1v) is 7.37. The van der Waals surface area contributed by atoms with Crippen molar-refractivity contribution in [2.45, 2.75) is 33.6 Å². The van der Waals surface area contributed by atoms with Gasteiger partial charge in [-0.05, 0) is 67.8 Å². The van der Waals surface area contributed by atoms with Gasteiger partial charge in [0.1, 0.15) is 16.9 Å². The number of halogens is 1. The van der Waals surface area contributed by atoms with E-state index in [0.717, 1.165) is 12.8 Å². The van der Waals surface area contributed by atoms with Crippen LogP contribution in [0.5, 0.6) is 0 Å². The molecule has 1 rings (SSSR count). The summed E-state index contributed by atoms with van der Waals surface area (Å²) in [6.45, 7) is 6.51. The molecule has 0 radical (unpaired) electrons. The molecule has 0 aromatic carbocycles. The Morgan fingerprint density at radius 1 is 1.30 bits per heavy atom. The molecule has 0 spiro atoms. The van der Waals surface area contributed by atoms with E-state index in [9.17, 15) is 4.79 Å². The quantitative estimate of drug-likeness (QED) is 0.429. The lowest BCUT2D eigenvalue weighted by molar-refractivity contribution is 0.0542. The third kappa shape index (κ3) is 6.66. The molecule has 20 heavy (non-hydrogen) atoms. The number of allylic oxidation sites excluding steroid dienone is 3. The Balaban J connectivity index is 2.39. The number of hydrogen-bond acceptors (Lipinski definition) is 3. The molecule has 0 amide bonds. The molecule has 0 unspecified atom stereocenters. The van der Waals surface area contributed by atoms with Gasteiger partial charge < -0.3 is 4.74 Å². The molecule has 0 N–H and O–H groups in total. The molecule has 1 heterocycles. The van der Waals surface area contributed by atoms with Gasteiger partial charge in [-0.25, -0.2) is 9.78 Å². The van der Waals surface area contributed by atoms with Crippen molar-refractivity contribution in [2.75, 3.05) is 6.61 Å². The number of carbonyl (C=O) groups is 1. The smallest absolute Gasteiger partial charge is 0.357 e. The highest BCUT2D eigenvalue weighted by Crippen LogP contribution is 2.09. The molecule has 108 valence electrons. The molecule has 0 bridgehead atoms. The number of hydrogen-bond donors (Lipinski definition) is 0. The molecular weight excluding hydrogens is 318 g/mol. The van der Waals surface area contributed by atoms with Crippen molar-refractivity contribution in [1.82, 2.24) is 4.98 Å². The van der Waals surface area contributed by atoms with Gasteiger partial charge in [-0.3, -0.25) is 0 Å². The molecule has 1 aromatic heterocycles. The van der Waals surface area contributed by atoms with E-state index in [2.05, 4.69) is 40.8 Å². The minimum atomic E-state index is -0.403. The minimum absolute atomic E-state index is 0.285. The van der Waals surface area contributed by atoms with Crippen LogP contribution < -0.4 is 0 Å². The monoisotopic (exact) mass is 337 g/mol. The summed E-state index contributed by atoms with van der Waals surface area (Å²) in [5.74, 6) is -0.403. The van der Waals surface area contributed by atoms with Crippen molar-refractivity contribution < 1.29 is 9.53 Å². The zero-order valence-corrected chi connectivity index (χ0v) is 13.7. The van der Waals surface area contributed by atoms with E-state index in [1.165, 1.54) is 11.1 Å². The van der Waals surface area contributed by atoms with Crippen LogP contribution >= 0.6 is 15.9 Å². The first-order chi connectivity index (χ1) is 9.49. The minimum Gasteiger partial charge on any atom is -0.457 e. The second-order valence-electron chi connectivity index (χ2n) is 4.81. The summed E-state index contributed by atoms with van der Waals surface area (Å²) < 4.78 is 5.79. The number of nitrogens with zero attached hydrogens (tertiary/aromatic N) is 1. The Bertz CT molecular complexity index is 517. The van der Waals surface area contributed by atoms with E-state index in [4.69, 9.17) is 4.74 Å². The van der Waals surface area contributed by atoms with Crippen molar-refractivity contribution in [3.05, 3.63) is 51.8 Å². The summed E-state index contributed by atoms with van der Waals surface area (Å²) in [5.41, 5.74) is 2.86. The molecule has 1 aromatic rings. The second kappa shape index (κ2) is 8.69. The number of pyridine rings is 1. The maximum atomic E-state index is 11.7. The molecule has 4 heteroatoms. The topological polar surface area (TPSA) is 39.2 Å². The van der Waals surface area contributed by atoms with Crippen LogP contribution in [0.15, 0.2) is 46.1 Å². The zero-order chi connectivity index (χ0) is 15.0. The SMILES string of the molecule is CC(C)=CCC/C(C)=C/COC(=O)c1cccc(Br)n1. The first-order valence-electron chi connectivity index (χ1n) is 6.57. The highest BCUT2D eigenvalue weighted by atomic mass is 79.9. The normalized spacial score (nSPS) is 11.1. The summed E-state index contributed by atoms with van der Waals surface area (Å²) in [5, 5.41) is 0. The lowest BCUT2D eigenvalue weighted by atomic mass is 10.1. The van der Waals surface area contributed by atoms with Crippen LogP contribution in [0, 0.1) is 0 Å². The van der Waals surface area contributed by atoms with Crippen molar-refractivity contribution in [2.24, 2.45) is 0 Å². The van der Waals surface area contributed by atoms with Crippen LogP contribution in [0.3, 0.4) is 0 Å². The molecule has 0 aliphatic heterocycles. The fourth-order valence-electron chi connectivity index (χ4n) is 1.55. The van der Waals surface area contributed by atoms with Crippen LogP contribution in [0.4, 0.5) is 0 Å². The van der Waals surface area contributed by atoms with Gasteiger partial charge >= 0.3 is 5.97 Å². The van der Waals surface area contributed by atoms with Gasteiger partial charge in [-0.2, -0.15) is 0 Å². The fraction of sp³-hybridized carbons (Fsp3) is 0.375. The predicted octanol–water partition coefficient (Wildman–Crippen LogP) is 4.69. The third-order valence-electron chi connectivity index (χ3n) is 2.66. The first kappa shape index (κ1) is 16.6. The van der Waals surface area contributed by atoms with Crippen molar-refractivity contribution in [3.63, 3.8) is 0 Å². The molecule has 0 atom stereocenters. The van der Waals surface area contributed by atoms with Crippen LogP contribution in [0.1, 0.15) is 44.1 Å². The summed E-state index contributed by atoms with van der Waals surface area (Å²) in [7, 11) is 0. The maximum absolute atomic E-state index is 11.7. The summed E-state index contributed by atoms with van der Waals surface area (Å²) >= 11 is 3.23. The molecule has 3 nitrogen and oxygen atoms in total. The van der Waals surface area contributed by atoms with Crippen LogP contribution in [-0.2, 0) is 4.74 Å². The Labute approximate surface area is 128 Å². The summed E-state index contributed by atoms with van der Waals surface area (Å²) in [4.78, 5) is 15.8. The Morgan fingerprint density at radius 2 is 2.05 bits per heavy atom. The molecule has 0 fully saturated rings. The molecule has 0 aliphatic carbocycles. The highest BCUT2D eigenvalue weighted by Gasteiger charge is 2.07. The lowest BCUT2D eigenvalue weighted by Crippen LogP contribution is -2.07. The summed E-state index contributed by atoms with van der Waals surface area (Å²) in [6.07, 6.45) is 6.15. The average molecular weight is 338 g/mol. The number of ether oxygens (including phenoxy) is 1. The van der Waals surface area contributed by atoms with Gasteiger partial charge in [0.25, 0.3) is 0 Å². The molecule has 0 saturated carbocycles. The van der Waals surface area contributed by atoms with E-state index < -0.39 is 5.97 Å². The zero-order valence-electron chi connectivity index (χ0n) is 12.1. The molecular formula is C16H20BrNO2. The Morgan fingerprint density at radius 3 is 2.70 bits per heavy atom. The number of aromatic nitrogens is 1. The molecule has 0 aliphatic rings. The third-order valence-corrected chi connectivity index (χ3v) is 3.10. The van der Waals surface area contributed by atoms with E-state index in [-0.39, 0.29) is 6.61 Å². The fourth-order valence-corrected chi connectivity index (χ4v) is 1.89. The van der Waals surface area contributed by atoms with E-state index >= 15 is 0 Å². The van der Waals surface area contributed by atoms with E-state index in [0.29, 0.717) is 10.3 Å². The van der Waals surface area contributed by atoms with Crippen molar-refractivity contribution >= 4 is 21.9 Å². The summed E-state index contributed by atoms with van der Waals surface area (Å²) in [6, 6.07) is 5.16. The van der Waals surface area contributed by atoms with Gasteiger partial charge in [0, 0.05) is 0 Å². The van der Waals surface area contributed by atoms with Gasteiger partial charge in [-0.1, -0.05) is 23.3 Å². The van der Waals surface area contributed by atoms with Crippen molar-refractivity contribution in [3.8, 4) is 0 Å².